The van der Waals surface area contributed by atoms with E-state index >= 15 is 0 Å². The van der Waals surface area contributed by atoms with E-state index in [0.717, 1.165) is 24.2 Å². The number of aromatic nitrogens is 3. The summed E-state index contributed by atoms with van der Waals surface area (Å²) in [7, 11) is 0. The first-order valence-corrected chi connectivity index (χ1v) is 8.26. The first-order chi connectivity index (χ1) is 12.3. The second-order valence-corrected chi connectivity index (χ2v) is 5.88. The Balaban J connectivity index is 1.43. The van der Waals surface area contributed by atoms with Crippen molar-refractivity contribution in [3.63, 3.8) is 0 Å². The fraction of sp³-hybridized carbons (Fsp3) is 0.158. The molecule has 0 spiro atoms. The maximum Gasteiger partial charge on any atom is 0.431 e. The summed E-state index contributed by atoms with van der Waals surface area (Å²) in [5, 5.41) is 7.22. The van der Waals surface area contributed by atoms with Crippen LogP contribution in [0.1, 0.15) is 11.3 Å². The Hall–Kier alpha value is -3.12. The molecule has 2 heterocycles. The van der Waals surface area contributed by atoms with E-state index in [1.165, 1.54) is 10.9 Å². The number of para-hydroxylation sites is 2. The molecule has 0 aliphatic heterocycles. The molecule has 25 heavy (non-hydrogen) atoms. The molecule has 0 saturated carbocycles. The van der Waals surface area contributed by atoms with E-state index < -0.39 is 0 Å². The number of H-pyrrole nitrogens is 2. The SMILES string of the molecule is O=c1o[nH][n+](-c2ccccc2)c1CNCCc1c[nH]c2ccccc12. The van der Waals surface area contributed by atoms with Gasteiger partial charge in [0.15, 0.2) is 0 Å². The van der Waals surface area contributed by atoms with Crippen LogP contribution in [-0.2, 0) is 13.0 Å². The Kier molecular flexibility index (Phi) is 4.18. The molecule has 4 rings (SSSR count). The molecule has 3 N–H and O–H groups in total. The molecule has 126 valence electrons. The van der Waals surface area contributed by atoms with E-state index in [2.05, 4.69) is 27.7 Å². The van der Waals surface area contributed by atoms with E-state index in [4.69, 9.17) is 4.52 Å². The average molecular weight is 335 g/mol. The van der Waals surface area contributed by atoms with Crippen molar-refractivity contribution >= 4 is 10.9 Å². The van der Waals surface area contributed by atoms with Crippen LogP contribution in [0.2, 0.25) is 0 Å². The number of aromatic amines is 2. The number of nitrogens with zero attached hydrogens (tertiary/aromatic N) is 1. The van der Waals surface area contributed by atoms with Crippen molar-refractivity contribution in [2.24, 2.45) is 0 Å². The van der Waals surface area contributed by atoms with Crippen LogP contribution in [0.25, 0.3) is 16.6 Å². The van der Waals surface area contributed by atoms with Gasteiger partial charge < -0.3 is 10.3 Å². The maximum atomic E-state index is 11.9. The Labute approximate surface area is 144 Å². The fourth-order valence-corrected chi connectivity index (χ4v) is 3.00. The summed E-state index contributed by atoms with van der Waals surface area (Å²) in [5.74, 6) is 0. The van der Waals surface area contributed by atoms with Gasteiger partial charge in [0.05, 0.1) is 6.54 Å². The highest BCUT2D eigenvalue weighted by Crippen LogP contribution is 2.17. The van der Waals surface area contributed by atoms with Crippen LogP contribution in [0.5, 0.6) is 0 Å². The van der Waals surface area contributed by atoms with Gasteiger partial charge in [-0.1, -0.05) is 36.4 Å². The molecule has 4 aromatic rings. The van der Waals surface area contributed by atoms with Crippen molar-refractivity contribution in [2.75, 3.05) is 6.54 Å². The largest absolute Gasteiger partial charge is 0.431 e. The highest BCUT2D eigenvalue weighted by atomic mass is 16.5. The van der Waals surface area contributed by atoms with Crippen molar-refractivity contribution in [3.05, 3.63) is 82.5 Å². The van der Waals surface area contributed by atoms with E-state index in [0.29, 0.717) is 12.2 Å². The van der Waals surface area contributed by atoms with Crippen molar-refractivity contribution in [1.82, 2.24) is 15.6 Å². The molecule has 0 saturated heterocycles. The monoisotopic (exact) mass is 335 g/mol. The molecule has 6 heteroatoms. The fourth-order valence-electron chi connectivity index (χ4n) is 3.00. The Morgan fingerprint density at radius 3 is 2.72 bits per heavy atom. The van der Waals surface area contributed by atoms with Gasteiger partial charge in [0, 0.05) is 29.2 Å². The van der Waals surface area contributed by atoms with E-state index in [-0.39, 0.29) is 5.63 Å². The highest BCUT2D eigenvalue weighted by Gasteiger charge is 2.22. The molecule has 0 amide bonds. The molecule has 0 bridgehead atoms. The van der Waals surface area contributed by atoms with Gasteiger partial charge in [-0.15, -0.1) is 0 Å². The maximum absolute atomic E-state index is 11.9. The van der Waals surface area contributed by atoms with Gasteiger partial charge in [-0.3, -0.25) is 4.52 Å². The van der Waals surface area contributed by atoms with E-state index in [9.17, 15) is 4.79 Å². The second kappa shape index (κ2) is 6.78. The van der Waals surface area contributed by atoms with Gasteiger partial charge in [-0.25, -0.2) is 4.79 Å². The molecule has 0 radical (unpaired) electrons. The van der Waals surface area contributed by atoms with Crippen molar-refractivity contribution in [3.8, 4) is 5.69 Å². The van der Waals surface area contributed by atoms with E-state index in [1.807, 2.05) is 48.7 Å². The van der Waals surface area contributed by atoms with Crippen LogP contribution in [0.3, 0.4) is 0 Å². The van der Waals surface area contributed by atoms with Crippen LogP contribution in [0.4, 0.5) is 0 Å². The van der Waals surface area contributed by atoms with Crippen molar-refractivity contribution in [2.45, 2.75) is 13.0 Å². The van der Waals surface area contributed by atoms with Gasteiger partial charge in [0.2, 0.25) is 5.69 Å². The predicted octanol–water partition coefficient (Wildman–Crippen LogP) is 2.06. The molecule has 0 atom stereocenters. The van der Waals surface area contributed by atoms with Gasteiger partial charge in [-0.05, 0) is 34.5 Å². The molecular formula is C19H19N4O2+. The summed E-state index contributed by atoms with van der Waals surface area (Å²) in [6.45, 7) is 1.20. The van der Waals surface area contributed by atoms with Gasteiger partial charge in [0.25, 0.3) is 0 Å². The lowest BCUT2D eigenvalue weighted by atomic mass is 10.1. The zero-order valence-corrected chi connectivity index (χ0v) is 13.7. The molecule has 0 aliphatic carbocycles. The minimum Gasteiger partial charge on any atom is -0.361 e. The third-order valence-electron chi connectivity index (χ3n) is 4.29. The molecule has 2 aromatic carbocycles. The molecule has 0 unspecified atom stereocenters. The number of hydrogen-bond acceptors (Lipinski definition) is 3. The Bertz CT molecular complexity index is 1030. The van der Waals surface area contributed by atoms with Crippen LogP contribution >= 0.6 is 0 Å². The number of nitrogens with one attached hydrogen (secondary N) is 3. The van der Waals surface area contributed by atoms with Crippen molar-refractivity contribution in [1.29, 1.82) is 0 Å². The molecule has 2 aromatic heterocycles. The first-order valence-electron chi connectivity index (χ1n) is 8.26. The second-order valence-electron chi connectivity index (χ2n) is 5.88. The lowest BCUT2D eigenvalue weighted by Crippen LogP contribution is -2.41. The molecular weight excluding hydrogens is 316 g/mol. The number of rotatable bonds is 6. The lowest BCUT2D eigenvalue weighted by Gasteiger charge is -2.01. The summed E-state index contributed by atoms with van der Waals surface area (Å²) >= 11 is 0. The lowest BCUT2D eigenvalue weighted by molar-refractivity contribution is -0.677. The topological polar surface area (TPSA) is 77.7 Å². The van der Waals surface area contributed by atoms with Gasteiger partial charge in [-0.2, -0.15) is 0 Å². The summed E-state index contributed by atoms with van der Waals surface area (Å²) < 4.78 is 6.62. The van der Waals surface area contributed by atoms with Crippen LogP contribution < -0.4 is 15.6 Å². The summed E-state index contributed by atoms with van der Waals surface area (Å²) in [6, 6.07) is 17.9. The number of hydrogen-bond donors (Lipinski definition) is 3. The first kappa shape index (κ1) is 15.4. The molecule has 6 nitrogen and oxygen atoms in total. The zero-order valence-electron chi connectivity index (χ0n) is 13.7. The third-order valence-corrected chi connectivity index (χ3v) is 4.29. The minimum atomic E-state index is -0.358. The molecule has 0 aliphatic rings. The summed E-state index contributed by atoms with van der Waals surface area (Å²) in [6.07, 6.45) is 2.92. The molecule has 0 fully saturated rings. The van der Waals surface area contributed by atoms with Gasteiger partial charge >= 0.3 is 11.3 Å². The van der Waals surface area contributed by atoms with Crippen LogP contribution in [-0.4, -0.2) is 16.8 Å². The minimum absolute atomic E-state index is 0.358. The predicted molar refractivity (Wildman–Crippen MR) is 94.6 cm³/mol. The normalized spacial score (nSPS) is 11.2. The van der Waals surface area contributed by atoms with Crippen LogP contribution in [0, 0.1) is 0 Å². The Morgan fingerprint density at radius 2 is 1.84 bits per heavy atom. The Morgan fingerprint density at radius 1 is 1.04 bits per heavy atom. The van der Waals surface area contributed by atoms with Crippen LogP contribution in [0.15, 0.2) is 70.1 Å². The van der Waals surface area contributed by atoms with E-state index in [1.54, 1.807) is 4.68 Å². The third kappa shape index (κ3) is 3.12. The van der Waals surface area contributed by atoms with Gasteiger partial charge in [0.1, 0.15) is 0 Å². The summed E-state index contributed by atoms with van der Waals surface area (Å²) in [5.41, 5.74) is 3.46. The quantitative estimate of drug-likeness (QED) is 0.373. The smallest absolute Gasteiger partial charge is 0.361 e. The highest BCUT2D eigenvalue weighted by molar-refractivity contribution is 5.83. The number of benzene rings is 2. The zero-order chi connectivity index (χ0) is 17.1. The standard InChI is InChI=1S/C19H18N4O2/c24-19-18(23(22-25-19)15-6-2-1-3-7-15)13-20-11-10-14-12-21-17-9-5-4-8-16(14)17/h1-9,12,20-21H,10-11,13H2/p+1. The number of fused-ring (bicyclic) bond motifs is 1. The summed E-state index contributed by atoms with van der Waals surface area (Å²) in [4.78, 5) is 15.2. The average Bonchev–Trinajstić information content (AvgIpc) is 3.23. The van der Waals surface area contributed by atoms with Crippen molar-refractivity contribution < 1.29 is 9.20 Å².